The molecule has 0 aliphatic heterocycles. The van der Waals surface area contributed by atoms with E-state index in [1.165, 1.54) is 18.2 Å². The molecular weight excluding hydrogens is 418 g/mol. The zero-order chi connectivity index (χ0) is 22.0. The van der Waals surface area contributed by atoms with E-state index in [0.29, 0.717) is 16.2 Å². The Balaban J connectivity index is 1.65. The van der Waals surface area contributed by atoms with Crippen molar-refractivity contribution in [1.29, 1.82) is 0 Å². The maximum atomic E-state index is 12.5. The van der Waals surface area contributed by atoms with E-state index in [4.69, 9.17) is 11.6 Å². The van der Waals surface area contributed by atoms with Crippen LogP contribution in [0.25, 0.3) is 11.0 Å². The van der Waals surface area contributed by atoms with Gasteiger partial charge in [-0.25, -0.2) is 4.98 Å². The summed E-state index contributed by atoms with van der Waals surface area (Å²) in [6.07, 6.45) is 1.50. The molecule has 0 aliphatic rings. The monoisotopic (exact) mass is 435 g/mol. The fourth-order valence-electron chi connectivity index (χ4n) is 3.46. The first kappa shape index (κ1) is 20.4. The van der Waals surface area contributed by atoms with Crippen molar-refractivity contribution in [3.8, 4) is 5.75 Å². The number of carboxylic acids is 1. The fraction of sp³-hybridized carbons (Fsp3) is 0.0870. The third-order valence-electron chi connectivity index (χ3n) is 4.92. The van der Waals surface area contributed by atoms with Crippen LogP contribution < -0.4 is 5.32 Å². The number of phenolic OH excluding ortho intramolecular Hbond substituents is 1. The van der Waals surface area contributed by atoms with Crippen molar-refractivity contribution in [3.05, 3.63) is 89.2 Å². The number of hydrogen-bond acceptors (Lipinski definition) is 4. The molecule has 0 spiro atoms. The van der Waals surface area contributed by atoms with Crippen LogP contribution in [0.2, 0.25) is 5.02 Å². The lowest BCUT2D eigenvalue weighted by molar-refractivity contribution is -0.137. The molecule has 156 valence electrons. The quantitative estimate of drug-likeness (QED) is 0.406. The van der Waals surface area contributed by atoms with Crippen LogP contribution in [0.1, 0.15) is 28.4 Å². The molecule has 4 aromatic rings. The standard InChI is InChI=1S/C23H18ClN3O4/c24-15-6-9-21(28)17(10-15)23(31)26-16-7-8-19-18(11-16)25-13-27(19)20(12-22(29)30)14-4-2-1-3-5-14/h1-11,13,20,28H,12H2,(H,26,31)(H,29,30). The predicted molar refractivity (Wildman–Crippen MR) is 118 cm³/mol. The molecule has 8 heteroatoms. The van der Waals surface area contributed by atoms with Gasteiger partial charge in [-0.2, -0.15) is 0 Å². The second-order valence-corrected chi connectivity index (χ2v) is 7.43. The van der Waals surface area contributed by atoms with Crippen molar-refractivity contribution < 1.29 is 19.8 Å². The van der Waals surface area contributed by atoms with Gasteiger partial charge in [0.2, 0.25) is 0 Å². The van der Waals surface area contributed by atoms with Crippen LogP contribution in [0, 0.1) is 0 Å². The van der Waals surface area contributed by atoms with E-state index in [2.05, 4.69) is 10.3 Å². The minimum absolute atomic E-state index is 0.0590. The van der Waals surface area contributed by atoms with Gasteiger partial charge in [0.05, 0.1) is 35.4 Å². The number of nitrogens with zero attached hydrogens (tertiary/aromatic N) is 2. The first-order chi connectivity index (χ1) is 14.9. The van der Waals surface area contributed by atoms with Gasteiger partial charge in [-0.05, 0) is 42.0 Å². The molecule has 1 amide bonds. The third kappa shape index (κ3) is 4.36. The smallest absolute Gasteiger partial charge is 0.305 e. The molecule has 3 aromatic carbocycles. The SMILES string of the molecule is O=C(O)CC(c1ccccc1)n1cnc2cc(NC(=O)c3cc(Cl)ccc3O)ccc21. The number of amides is 1. The van der Waals surface area contributed by atoms with Gasteiger partial charge >= 0.3 is 5.97 Å². The number of nitrogens with one attached hydrogen (secondary N) is 1. The number of rotatable bonds is 6. The van der Waals surface area contributed by atoms with Gasteiger partial charge in [0, 0.05) is 10.7 Å². The molecule has 1 unspecified atom stereocenters. The Morgan fingerprint density at radius 2 is 1.84 bits per heavy atom. The average molecular weight is 436 g/mol. The second kappa shape index (κ2) is 8.49. The molecule has 0 fully saturated rings. The third-order valence-corrected chi connectivity index (χ3v) is 5.16. The first-order valence-electron chi connectivity index (χ1n) is 9.45. The molecule has 0 bridgehead atoms. The topological polar surface area (TPSA) is 104 Å². The molecule has 1 aromatic heterocycles. The molecule has 1 heterocycles. The number of imidazole rings is 1. The number of benzene rings is 3. The minimum atomic E-state index is -0.916. The van der Waals surface area contributed by atoms with E-state index in [9.17, 15) is 19.8 Å². The highest BCUT2D eigenvalue weighted by Crippen LogP contribution is 2.28. The fourth-order valence-corrected chi connectivity index (χ4v) is 3.64. The Kier molecular flexibility index (Phi) is 5.60. The minimum Gasteiger partial charge on any atom is -0.507 e. The normalized spacial score (nSPS) is 11.9. The van der Waals surface area contributed by atoms with Crippen LogP contribution >= 0.6 is 11.6 Å². The Hall–Kier alpha value is -3.84. The van der Waals surface area contributed by atoms with Gasteiger partial charge in [-0.1, -0.05) is 41.9 Å². The molecule has 1 atom stereocenters. The Morgan fingerprint density at radius 3 is 2.58 bits per heavy atom. The predicted octanol–water partition coefficient (Wildman–Crippen LogP) is 4.71. The number of anilines is 1. The highest BCUT2D eigenvalue weighted by atomic mass is 35.5. The number of phenols is 1. The lowest BCUT2D eigenvalue weighted by Gasteiger charge is -2.18. The maximum Gasteiger partial charge on any atom is 0.305 e. The van der Waals surface area contributed by atoms with Gasteiger partial charge in [0.15, 0.2) is 0 Å². The molecule has 7 nitrogen and oxygen atoms in total. The summed E-state index contributed by atoms with van der Waals surface area (Å²) in [5.74, 6) is -1.60. The number of carbonyl (C=O) groups is 2. The number of carbonyl (C=O) groups excluding carboxylic acids is 1. The van der Waals surface area contributed by atoms with Crippen molar-refractivity contribution in [2.24, 2.45) is 0 Å². The van der Waals surface area contributed by atoms with E-state index in [1.807, 2.05) is 34.9 Å². The molecule has 4 rings (SSSR count). The number of aliphatic carboxylic acids is 1. The summed E-state index contributed by atoms with van der Waals surface area (Å²) in [4.78, 5) is 28.4. The van der Waals surface area contributed by atoms with Crippen LogP contribution in [-0.4, -0.2) is 31.6 Å². The molecule has 31 heavy (non-hydrogen) atoms. The molecule has 3 N–H and O–H groups in total. The number of aromatic hydroxyl groups is 1. The van der Waals surface area contributed by atoms with Gasteiger partial charge in [-0.15, -0.1) is 0 Å². The van der Waals surface area contributed by atoms with Gasteiger partial charge < -0.3 is 20.1 Å². The lowest BCUT2D eigenvalue weighted by atomic mass is 10.0. The van der Waals surface area contributed by atoms with E-state index in [1.54, 1.807) is 24.5 Å². The Bertz CT molecular complexity index is 1270. The zero-order valence-electron chi connectivity index (χ0n) is 16.2. The van der Waals surface area contributed by atoms with Crippen molar-refractivity contribution >= 4 is 40.2 Å². The summed E-state index contributed by atoms with van der Waals surface area (Å²) in [6.45, 7) is 0. The van der Waals surface area contributed by atoms with Gasteiger partial charge in [0.25, 0.3) is 5.91 Å². The molecule has 0 aliphatic carbocycles. The van der Waals surface area contributed by atoms with Crippen LogP contribution in [0.3, 0.4) is 0 Å². The largest absolute Gasteiger partial charge is 0.507 e. The van der Waals surface area contributed by atoms with E-state index < -0.39 is 17.9 Å². The number of carboxylic acid groups (broad SMARTS) is 1. The molecular formula is C23H18ClN3O4. The molecule has 0 saturated carbocycles. The van der Waals surface area contributed by atoms with Crippen molar-refractivity contribution in [2.45, 2.75) is 12.5 Å². The maximum absolute atomic E-state index is 12.5. The highest BCUT2D eigenvalue weighted by molar-refractivity contribution is 6.31. The summed E-state index contributed by atoms with van der Waals surface area (Å²) >= 11 is 5.92. The van der Waals surface area contributed by atoms with E-state index in [-0.39, 0.29) is 17.7 Å². The van der Waals surface area contributed by atoms with E-state index in [0.717, 1.165) is 11.1 Å². The van der Waals surface area contributed by atoms with Crippen LogP contribution in [0.4, 0.5) is 5.69 Å². The molecule has 0 radical (unpaired) electrons. The van der Waals surface area contributed by atoms with Crippen molar-refractivity contribution in [1.82, 2.24) is 9.55 Å². The Labute approximate surface area is 182 Å². The van der Waals surface area contributed by atoms with Gasteiger partial charge in [-0.3, -0.25) is 9.59 Å². The molecule has 0 saturated heterocycles. The average Bonchev–Trinajstić information content (AvgIpc) is 3.17. The number of fused-ring (bicyclic) bond motifs is 1. The summed E-state index contributed by atoms with van der Waals surface area (Å²) in [5.41, 5.74) is 2.73. The van der Waals surface area contributed by atoms with E-state index >= 15 is 0 Å². The second-order valence-electron chi connectivity index (χ2n) is 7.00. The van der Waals surface area contributed by atoms with Crippen LogP contribution in [-0.2, 0) is 4.79 Å². The summed E-state index contributed by atoms with van der Waals surface area (Å²) in [6, 6.07) is 18.3. The number of halogens is 1. The lowest BCUT2D eigenvalue weighted by Crippen LogP contribution is -2.14. The summed E-state index contributed by atoms with van der Waals surface area (Å²) in [5, 5.41) is 22.4. The zero-order valence-corrected chi connectivity index (χ0v) is 17.0. The van der Waals surface area contributed by atoms with Crippen LogP contribution in [0.5, 0.6) is 5.75 Å². The van der Waals surface area contributed by atoms with Crippen molar-refractivity contribution in [3.63, 3.8) is 0 Å². The summed E-state index contributed by atoms with van der Waals surface area (Å²) in [7, 11) is 0. The highest BCUT2D eigenvalue weighted by Gasteiger charge is 2.20. The van der Waals surface area contributed by atoms with Crippen molar-refractivity contribution in [2.75, 3.05) is 5.32 Å². The number of aromatic nitrogens is 2. The summed E-state index contributed by atoms with van der Waals surface area (Å²) < 4.78 is 1.81. The van der Waals surface area contributed by atoms with Gasteiger partial charge in [0.1, 0.15) is 5.75 Å². The first-order valence-corrected chi connectivity index (χ1v) is 9.83. The number of hydrogen-bond donors (Lipinski definition) is 3. The Morgan fingerprint density at radius 1 is 1.06 bits per heavy atom. The van der Waals surface area contributed by atoms with Crippen LogP contribution in [0.15, 0.2) is 73.1 Å².